The van der Waals surface area contributed by atoms with Crippen molar-refractivity contribution >= 4 is 18.2 Å². The largest absolute Gasteiger partial charge is 0.462 e. The lowest BCUT2D eigenvalue weighted by Crippen LogP contribution is -2.05. The Morgan fingerprint density at radius 3 is 3.08 bits per heavy atom. The lowest BCUT2D eigenvalue weighted by molar-refractivity contribution is 0.0525. The van der Waals surface area contributed by atoms with Crippen LogP contribution in [0.4, 0.5) is 0 Å². The number of aromatic nitrogens is 1. The molecule has 0 saturated heterocycles. The molecule has 0 amide bonds. The molecule has 0 aromatic carbocycles. The Morgan fingerprint density at radius 1 is 1.75 bits per heavy atom. The van der Waals surface area contributed by atoms with E-state index in [9.17, 15) is 4.79 Å². The van der Waals surface area contributed by atoms with Crippen LogP contribution in [0.25, 0.3) is 0 Å². The van der Waals surface area contributed by atoms with Crippen LogP contribution in [0.1, 0.15) is 17.3 Å². The van der Waals surface area contributed by atoms with Crippen molar-refractivity contribution in [2.45, 2.75) is 6.92 Å². The highest BCUT2D eigenvalue weighted by Crippen LogP contribution is 2.01. The van der Waals surface area contributed by atoms with E-state index in [1.54, 1.807) is 25.3 Å². The van der Waals surface area contributed by atoms with E-state index in [0.717, 1.165) is 0 Å². The van der Waals surface area contributed by atoms with Crippen LogP contribution < -0.4 is 0 Å². The first kappa shape index (κ1) is 8.93. The molecule has 3 nitrogen and oxygen atoms in total. The van der Waals surface area contributed by atoms with Gasteiger partial charge in [0.25, 0.3) is 0 Å². The van der Waals surface area contributed by atoms with Gasteiger partial charge in [0.15, 0.2) is 0 Å². The van der Waals surface area contributed by atoms with E-state index in [4.69, 9.17) is 17.0 Å². The van der Waals surface area contributed by atoms with Crippen LogP contribution in [0.3, 0.4) is 0 Å². The molecule has 0 unspecified atom stereocenters. The van der Waals surface area contributed by atoms with E-state index in [-0.39, 0.29) is 5.97 Å². The van der Waals surface area contributed by atoms with Crippen molar-refractivity contribution in [2.24, 2.45) is 0 Å². The molecule has 0 bridgehead atoms. The minimum Gasteiger partial charge on any atom is -0.462 e. The summed E-state index contributed by atoms with van der Waals surface area (Å²) in [7, 11) is 0. The van der Waals surface area contributed by atoms with Gasteiger partial charge in [0.1, 0.15) is 4.64 Å². The minimum atomic E-state index is -0.376. The average Bonchev–Trinajstić information content (AvgIpc) is 2.05. The van der Waals surface area contributed by atoms with Crippen molar-refractivity contribution in [1.29, 1.82) is 0 Å². The van der Waals surface area contributed by atoms with Crippen molar-refractivity contribution in [3.8, 4) is 0 Å². The van der Waals surface area contributed by atoms with Gasteiger partial charge in [0.05, 0.1) is 12.2 Å². The number of ether oxygens (including phenoxy) is 1. The molecule has 0 radical (unpaired) electrons. The summed E-state index contributed by atoms with van der Waals surface area (Å²) in [5.74, 6) is -0.376. The Balaban J connectivity index is 2.95. The maximum absolute atomic E-state index is 11.2. The molecule has 4 heteroatoms. The highest BCUT2D eigenvalue weighted by Gasteiger charge is 2.06. The third-order valence-electron chi connectivity index (χ3n) is 1.31. The van der Waals surface area contributed by atoms with Crippen LogP contribution in [0.2, 0.25) is 0 Å². The number of rotatable bonds is 2. The molecule has 0 atom stereocenters. The molecule has 1 heterocycles. The molecule has 1 aromatic rings. The van der Waals surface area contributed by atoms with Crippen molar-refractivity contribution in [2.75, 3.05) is 6.61 Å². The van der Waals surface area contributed by atoms with Gasteiger partial charge in [-0.2, -0.15) is 0 Å². The smallest absolute Gasteiger partial charge is 0.341 e. The number of hydrogen-bond acceptors (Lipinski definition) is 3. The SMILES string of the molecule is CCOC(=O)c1ccc[nH]c1=S. The molecule has 1 N–H and O–H groups in total. The number of carbonyl (C=O) groups is 1. The third kappa shape index (κ3) is 1.92. The first-order chi connectivity index (χ1) is 5.75. The van der Waals surface area contributed by atoms with Crippen molar-refractivity contribution in [3.05, 3.63) is 28.5 Å². The Bertz CT molecular complexity index is 332. The first-order valence-electron chi connectivity index (χ1n) is 3.60. The van der Waals surface area contributed by atoms with E-state index >= 15 is 0 Å². The number of pyridine rings is 1. The predicted molar refractivity (Wildman–Crippen MR) is 47.6 cm³/mol. The normalized spacial score (nSPS) is 9.42. The van der Waals surface area contributed by atoms with Gasteiger partial charge in [-0.3, -0.25) is 0 Å². The second-order valence-electron chi connectivity index (χ2n) is 2.13. The molecular formula is C8H9NO2S. The standard InChI is InChI=1S/C8H9NO2S/c1-2-11-8(10)6-4-3-5-9-7(6)12/h3-5H,2H2,1H3,(H,9,12). The van der Waals surface area contributed by atoms with E-state index in [0.29, 0.717) is 16.8 Å². The molecule has 0 fully saturated rings. The second kappa shape index (κ2) is 4.01. The lowest BCUT2D eigenvalue weighted by atomic mass is 10.3. The zero-order chi connectivity index (χ0) is 8.97. The van der Waals surface area contributed by atoms with E-state index in [1.165, 1.54) is 0 Å². The van der Waals surface area contributed by atoms with Gasteiger partial charge >= 0.3 is 5.97 Å². The fourth-order valence-corrected chi connectivity index (χ4v) is 1.01. The van der Waals surface area contributed by atoms with Crippen LogP contribution in [0, 0.1) is 4.64 Å². The number of hydrogen-bond donors (Lipinski definition) is 1. The Hall–Kier alpha value is -1.16. The van der Waals surface area contributed by atoms with Crippen molar-refractivity contribution in [1.82, 2.24) is 4.98 Å². The van der Waals surface area contributed by atoms with Crippen LogP contribution in [-0.4, -0.2) is 17.6 Å². The van der Waals surface area contributed by atoms with Crippen molar-refractivity contribution in [3.63, 3.8) is 0 Å². The lowest BCUT2D eigenvalue weighted by Gasteiger charge is -1.99. The van der Waals surface area contributed by atoms with Gasteiger partial charge in [-0.15, -0.1) is 0 Å². The van der Waals surface area contributed by atoms with E-state index in [2.05, 4.69) is 4.98 Å². The summed E-state index contributed by atoms with van der Waals surface area (Å²) >= 11 is 4.89. The van der Waals surface area contributed by atoms with Crippen LogP contribution in [0.15, 0.2) is 18.3 Å². The van der Waals surface area contributed by atoms with Gasteiger partial charge in [-0.1, -0.05) is 12.2 Å². The number of carbonyl (C=O) groups excluding carboxylic acids is 1. The average molecular weight is 183 g/mol. The summed E-state index contributed by atoms with van der Waals surface area (Å²) in [6.07, 6.45) is 1.67. The second-order valence-corrected chi connectivity index (χ2v) is 2.54. The highest BCUT2D eigenvalue weighted by molar-refractivity contribution is 7.71. The third-order valence-corrected chi connectivity index (χ3v) is 1.65. The molecule has 1 aromatic heterocycles. The molecule has 0 spiro atoms. The number of H-pyrrole nitrogens is 1. The number of aromatic amines is 1. The fourth-order valence-electron chi connectivity index (χ4n) is 0.791. The minimum absolute atomic E-state index is 0.364. The summed E-state index contributed by atoms with van der Waals surface area (Å²) in [5, 5.41) is 0. The summed E-state index contributed by atoms with van der Waals surface area (Å²) in [6, 6.07) is 3.35. The highest BCUT2D eigenvalue weighted by atomic mass is 32.1. The number of esters is 1. The molecule has 12 heavy (non-hydrogen) atoms. The maximum atomic E-state index is 11.2. The van der Waals surface area contributed by atoms with Gasteiger partial charge in [-0.05, 0) is 19.1 Å². The Morgan fingerprint density at radius 2 is 2.50 bits per heavy atom. The fraction of sp³-hybridized carbons (Fsp3) is 0.250. The van der Waals surface area contributed by atoms with Crippen molar-refractivity contribution < 1.29 is 9.53 Å². The molecule has 0 aliphatic rings. The molecule has 64 valence electrons. The van der Waals surface area contributed by atoms with Gasteiger partial charge in [0.2, 0.25) is 0 Å². The van der Waals surface area contributed by atoms with E-state index < -0.39 is 0 Å². The van der Waals surface area contributed by atoms with Crippen LogP contribution >= 0.6 is 12.2 Å². The predicted octanol–water partition coefficient (Wildman–Crippen LogP) is 1.92. The molecule has 1 rings (SSSR count). The molecule has 0 aliphatic heterocycles. The summed E-state index contributed by atoms with van der Waals surface area (Å²) in [4.78, 5) is 13.9. The quantitative estimate of drug-likeness (QED) is 0.562. The van der Waals surface area contributed by atoms with Crippen LogP contribution in [-0.2, 0) is 4.74 Å². The number of nitrogens with one attached hydrogen (secondary N) is 1. The van der Waals surface area contributed by atoms with Gasteiger partial charge in [-0.25, -0.2) is 4.79 Å². The Kier molecular flexibility index (Phi) is 2.99. The van der Waals surface area contributed by atoms with Crippen LogP contribution in [0.5, 0.6) is 0 Å². The molecular weight excluding hydrogens is 174 g/mol. The monoisotopic (exact) mass is 183 g/mol. The van der Waals surface area contributed by atoms with Gasteiger partial charge < -0.3 is 9.72 Å². The zero-order valence-electron chi connectivity index (χ0n) is 6.66. The molecule has 0 saturated carbocycles. The Labute approximate surface area is 75.4 Å². The first-order valence-corrected chi connectivity index (χ1v) is 4.01. The summed E-state index contributed by atoms with van der Waals surface area (Å²) in [5.41, 5.74) is 0.411. The summed E-state index contributed by atoms with van der Waals surface area (Å²) in [6.45, 7) is 2.12. The van der Waals surface area contributed by atoms with Gasteiger partial charge in [0, 0.05) is 6.20 Å². The summed E-state index contributed by atoms with van der Waals surface area (Å²) < 4.78 is 5.20. The van der Waals surface area contributed by atoms with E-state index in [1.807, 2.05) is 0 Å². The maximum Gasteiger partial charge on any atom is 0.341 e. The molecule has 0 aliphatic carbocycles. The zero-order valence-corrected chi connectivity index (χ0v) is 7.48. The topological polar surface area (TPSA) is 42.1 Å².